The average molecular weight is 589 g/mol. The zero-order valence-electron chi connectivity index (χ0n) is 25.3. The number of amides is 2. The second-order valence-electron chi connectivity index (χ2n) is 12.1. The molecule has 0 radical (unpaired) electrons. The van der Waals surface area contributed by atoms with E-state index in [0.29, 0.717) is 28.7 Å². The van der Waals surface area contributed by atoms with Crippen LogP contribution in [0.25, 0.3) is 0 Å². The Bertz CT molecular complexity index is 1720. The maximum Gasteiger partial charge on any atom is 0.277 e. The smallest absolute Gasteiger partial charge is 0.277 e. The molecule has 2 N–H and O–H groups in total. The van der Waals surface area contributed by atoms with Crippen LogP contribution in [-0.2, 0) is 5.41 Å². The third-order valence-corrected chi connectivity index (χ3v) is 8.41. The highest BCUT2D eigenvalue weighted by molar-refractivity contribution is 6.08. The van der Waals surface area contributed by atoms with Gasteiger partial charge in [-0.25, -0.2) is 4.98 Å². The topological polar surface area (TPSA) is 114 Å². The Morgan fingerprint density at radius 1 is 0.909 bits per heavy atom. The molecule has 0 unspecified atom stereocenters. The van der Waals surface area contributed by atoms with Crippen molar-refractivity contribution in [2.45, 2.75) is 44.9 Å². The monoisotopic (exact) mass is 588 g/mol. The first-order valence-corrected chi connectivity index (χ1v) is 15.0. The van der Waals surface area contributed by atoms with Crippen LogP contribution in [0, 0.1) is 18.3 Å². The van der Waals surface area contributed by atoms with Crippen LogP contribution in [0.15, 0.2) is 77.4 Å². The summed E-state index contributed by atoms with van der Waals surface area (Å²) >= 11 is 0. The third-order valence-electron chi connectivity index (χ3n) is 8.41. The molecule has 44 heavy (non-hydrogen) atoms. The van der Waals surface area contributed by atoms with Crippen LogP contribution in [0.1, 0.15) is 70.5 Å². The fraction of sp³-hybridized carbons (Fsp3) is 0.314. The van der Waals surface area contributed by atoms with Gasteiger partial charge in [0.15, 0.2) is 11.6 Å². The first kappa shape index (κ1) is 29.0. The second-order valence-corrected chi connectivity index (χ2v) is 12.1. The summed E-state index contributed by atoms with van der Waals surface area (Å²) in [6.45, 7) is 8.99. The lowest BCUT2D eigenvalue weighted by Gasteiger charge is -2.38. The number of nitriles is 1. The number of carbonyl (C=O) groups excluding carboxylic acids is 2. The molecule has 4 aromatic rings. The van der Waals surface area contributed by atoms with Crippen molar-refractivity contribution in [1.82, 2.24) is 4.98 Å². The molecule has 2 aliphatic rings. The number of oxazole rings is 1. The van der Waals surface area contributed by atoms with Crippen LogP contribution in [0.4, 0.5) is 22.7 Å². The van der Waals surface area contributed by atoms with E-state index < -0.39 is 5.41 Å². The minimum Gasteiger partial charge on any atom is -0.448 e. The minimum absolute atomic E-state index is 0.220. The Morgan fingerprint density at radius 2 is 1.59 bits per heavy atom. The molecule has 1 aliphatic heterocycles. The summed E-state index contributed by atoms with van der Waals surface area (Å²) in [5.74, 6) is 0.207. The van der Waals surface area contributed by atoms with Crippen LogP contribution in [0.3, 0.4) is 0 Å². The molecule has 9 nitrogen and oxygen atoms in total. The molecular weight excluding hydrogens is 552 g/mol. The number of aromatic nitrogens is 1. The number of hydrogen-bond donors (Lipinski definition) is 2. The van der Waals surface area contributed by atoms with Crippen molar-refractivity contribution in [1.29, 1.82) is 5.26 Å². The lowest BCUT2D eigenvalue weighted by atomic mass is 9.86. The van der Waals surface area contributed by atoms with Gasteiger partial charge >= 0.3 is 0 Å². The van der Waals surface area contributed by atoms with Crippen molar-refractivity contribution in [3.8, 4) is 6.07 Å². The van der Waals surface area contributed by atoms with Crippen LogP contribution < -0.4 is 20.4 Å². The summed E-state index contributed by atoms with van der Waals surface area (Å²) < 4.78 is 5.55. The molecule has 1 aliphatic carbocycles. The molecule has 3 aromatic carbocycles. The van der Waals surface area contributed by atoms with E-state index in [4.69, 9.17) is 4.42 Å². The summed E-state index contributed by atoms with van der Waals surface area (Å²) in [6, 6.07) is 23.3. The Morgan fingerprint density at radius 3 is 2.25 bits per heavy atom. The number of aryl methyl sites for hydroxylation is 1. The Hall–Kier alpha value is -5.10. The van der Waals surface area contributed by atoms with Crippen molar-refractivity contribution in [3.63, 3.8) is 0 Å². The van der Waals surface area contributed by atoms with Crippen molar-refractivity contribution in [3.05, 3.63) is 101 Å². The average Bonchev–Trinajstić information content (AvgIpc) is 3.77. The Kier molecular flexibility index (Phi) is 7.83. The van der Waals surface area contributed by atoms with E-state index in [-0.39, 0.29) is 17.5 Å². The van der Waals surface area contributed by atoms with E-state index in [1.165, 1.54) is 17.5 Å². The van der Waals surface area contributed by atoms with E-state index in [9.17, 15) is 14.9 Å². The highest BCUT2D eigenvalue weighted by Gasteiger charge is 2.30. The van der Waals surface area contributed by atoms with E-state index >= 15 is 0 Å². The zero-order valence-corrected chi connectivity index (χ0v) is 25.3. The summed E-state index contributed by atoms with van der Waals surface area (Å²) in [4.78, 5) is 35.7. The molecular formula is C35H36N6O3. The number of hydrogen-bond acceptors (Lipinski definition) is 7. The van der Waals surface area contributed by atoms with Gasteiger partial charge in [0.05, 0.1) is 22.9 Å². The molecule has 1 saturated carbocycles. The van der Waals surface area contributed by atoms with Crippen molar-refractivity contribution in [2.24, 2.45) is 0 Å². The predicted octanol–water partition coefficient (Wildman–Crippen LogP) is 6.49. The van der Waals surface area contributed by atoms with Crippen LogP contribution >= 0.6 is 0 Å². The van der Waals surface area contributed by atoms with Gasteiger partial charge in [0.1, 0.15) is 6.26 Å². The van der Waals surface area contributed by atoms with Gasteiger partial charge in [0.25, 0.3) is 11.8 Å². The standard InChI is InChI=1S/C35H36N6O3/c1-23-6-4-5-7-30(23)40-16-18-41(19-17-40)31-15-10-25(32(42)37-27-13-11-26(12-14-27)35(2,3)22-36)20-28(31)38-33(43)29-21-44-34(39-29)24-8-9-24/h4-7,10-15,20-21,24H,8-9,16-19H2,1-3H3,(H,37,42)(H,38,43). The molecule has 0 bridgehead atoms. The summed E-state index contributed by atoms with van der Waals surface area (Å²) in [5, 5.41) is 15.4. The van der Waals surface area contributed by atoms with Crippen LogP contribution in [0.5, 0.6) is 0 Å². The van der Waals surface area contributed by atoms with Gasteiger partial charge in [-0.2, -0.15) is 5.26 Å². The number of nitrogens with zero attached hydrogens (tertiary/aromatic N) is 4. The van der Waals surface area contributed by atoms with E-state index in [1.807, 2.05) is 32.0 Å². The number of carbonyl (C=O) groups is 2. The first-order chi connectivity index (χ1) is 21.2. The van der Waals surface area contributed by atoms with Gasteiger partial charge < -0.3 is 24.9 Å². The lowest BCUT2D eigenvalue weighted by molar-refractivity contribution is 0.101. The van der Waals surface area contributed by atoms with Gasteiger partial charge in [0, 0.05) is 49.0 Å². The minimum atomic E-state index is -0.625. The molecule has 0 atom stereocenters. The molecule has 6 rings (SSSR count). The SMILES string of the molecule is Cc1ccccc1N1CCN(c2ccc(C(=O)Nc3ccc(C(C)(C)C#N)cc3)cc2NC(=O)c2coc(C3CC3)n2)CC1. The number of piperazine rings is 1. The molecule has 0 spiro atoms. The molecule has 2 heterocycles. The summed E-state index contributed by atoms with van der Waals surface area (Å²) in [5.41, 5.74) is 5.33. The zero-order chi connectivity index (χ0) is 30.8. The summed E-state index contributed by atoms with van der Waals surface area (Å²) in [6.07, 6.45) is 3.45. The molecule has 224 valence electrons. The molecule has 2 fully saturated rings. The normalized spacial score (nSPS) is 15.0. The van der Waals surface area contributed by atoms with Crippen LogP contribution in [-0.4, -0.2) is 43.0 Å². The fourth-order valence-electron chi connectivity index (χ4n) is 5.49. The lowest BCUT2D eigenvalue weighted by Crippen LogP contribution is -2.47. The number of nitrogens with one attached hydrogen (secondary N) is 2. The maximum absolute atomic E-state index is 13.3. The van der Waals surface area contributed by atoms with E-state index in [2.05, 4.69) is 62.7 Å². The molecule has 1 aromatic heterocycles. The van der Waals surface area contributed by atoms with Gasteiger partial charge in [-0.05, 0) is 81.1 Å². The highest BCUT2D eigenvalue weighted by Crippen LogP contribution is 2.39. The van der Waals surface area contributed by atoms with Gasteiger partial charge in [0.2, 0.25) is 0 Å². The molecule has 1 saturated heterocycles. The number of anilines is 4. The van der Waals surface area contributed by atoms with Crippen molar-refractivity contribution < 1.29 is 14.0 Å². The molecule has 2 amide bonds. The summed E-state index contributed by atoms with van der Waals surface area (Å²) in [7, 11) is 0. The van der Waals surface area contributed by atoms with E-state index in [1.54, 1.807) is 24.3 Å². The third kappa shape index (κ3) is 6.16. The van der Waals surface area contributed by atoms with Crippen molar-refractivity contribution in [2.75, 3.05) is 46.6 Å². The number of benzene rings is 3. The first-order valence-electron chi connectivity index (χ1n) is 15.0. The van der Waals surface area contributed by atoms with Crippen molar-refractivity contribution >= 4 is 34.6 Å². The highest BCUT2D eigenvalue weighted by atomic mass is 16.3. The maximum atomic E-state index is 13.3. The van der Waals surface area contributed by atoms with Gasteiger partial charge in [-0.3, -0.25) is 9.59 Å². The quantitative estimate of drug-likeness (QED) is 0.242. The number of rotatable bonds is 8. The van der Waals surface area contributed by atoms with Gasteiger partial charge in [-0.15, -0.1) is 0 Å². The molecule has 9 heteroatoms. The fourth-order valence-corrected chi connectivity index (χ4v) is 5.49. The number of para-hydroxylation sites is 1. The second kappa shape index (κ2) is 11.9. The predicted molar refractivity (Wildman–Crippen MR) is 172 cm³/mol. The largest absolute Gasteiger partial charge is 0.448 e. The van der Waals surface area contributed by atoms with Gasteiger partial charge in [-0.1, -0.05) is 30.3 Å². The Balaban J connectivity index is 1.23. The van der Waals surface area contributed by atoms with E-state index in [0.717, 1.165) is 50.3 Å². The Labute approximate surface area is 257 Å². The van der Waals surface area contributed by atoms with Crippen LogP contribution in [0.2, 0.25) is 0 Å².